The van der Waals surface area contributed by atoms with Crippen molar-refractivity contribution in [2.24, 2.45) is 5.92 Å². The SMILES string of the molecule is COc1ccc(CNC(=O)[C@@H](NC(=O)c2ccccc2F)C(C)C)cc1. The highest BCUT2D eigenvalue weighted by Crippen LogP contribution is 2.12. The number of ether oxygens (including phenoxy) is 1. The molecule has 0 unspecified atom stereocenters. The van der Waals surface area contributed by atoms with Crippen molar-refractivity contribution < 1.29 is 18.7 Å². The summed E-state index contributed by atoms with van der Waals surface area (Å²) in [5.74, 6) is -0.966. The van der Waals surface area contributed by atoms with Crippen molar-refractivity contribution >= 4 is 11.8 Å². The van der Waals surface area contributed by atoms with Crippen LogP contribution in [0.1, 0.15) is 29.8 Å². The zero-order valence-electron chi connectivity index (χ0n) is 15.1. The highest BCUT2D eigenvalue weighted by molar-refractivity contribution is 5.97. The number of hydrogen-bond donors (Lipinski definition) is 2. The quantitative estimate of drug-likeness (QED) is 0.800. The number of amides is 2. The Balaban J connectivity index is 2.00. The third-order valence-electron chi connectivity index (χ3n) is 3.98. The molecule has 0 aliphatic rings. The summed E-state index contributed by atoms with van der Waals surface area (Å²) in [7, 11) is 1.59. The van der Waals surface area contributed by atoms with Crippen molar-refractivity contribution in [1.29, 1.82) is 0 Å². The van der Waals surface area contributed by atoms with Crippen LogP contribution in [0.5, 0.6) is 5.75 Å². The summed E-state index contributed by atoms with van der Waals surface area (Å²) < 4.78 is 18.8. The third-order valence-corrected chi connectivity index (χ3v) is 3.98. The fraction of sp³-hybridized carbons (Fsp3) is 0.300. The van der Waals surface area contributed by atoms with Crippen molar-refractivity contribution in [3.63, 3.8) is 0 Å². The highest BCUT2D eigenvalue weighted by Gasteiger charge is 2.25. The minimum Gasteiger partial charge on any atom is -0.497 e. The van der Waals surface area contributed by atoms with E-state index in [0.717, 1.165) is 11.3 Å². The number of methoxy groups -OCH3 is 1. The third kappa shape index (κ3) is 5.05. The molecule has 0 bridgehead atoms. The van der Waals surface area contributed by atoms with Gasteiger partial charge in [0.05, 0.1) is 12.7 Å². The predicted molar refractivity (Wildman–Crippen MR) is 97.3 cm³/mol. The molecule has 0 aliphatic carbocycles. The Morgan fingerprint density at radius 3 is 2.31 bits per heavy atom. The summed E-state index contributed by atoms with van der Waals surface area (Å²) >= 11 is 0. The number of nitrogens with one attached hydrogen (secondary N) is 2. The molecule has 26 heavy (non-hydrogen) atoms. The van der Waals surface area contributed by atoms with E-state index in [-0.39, 0.29) is 17.4 Å². The molecule has 2 aromatic rings. The lowest BCUT2D eigenvalue weighted by Gasteiger charge is -2.22. The van der Waals surface area contributed by atoms with Crippen molar-refractivity contribution in [2.45, 2.75) is 26.4 Å². The molecule has 0 fully saturated rings. The van der Waals surface area contributed by atoms with Crippen molar-refractivity contribution in [2.75, 3.05) is 7.11 Å². The molecular formula is C20H23FN2O3. The van der Waals surface area contributed by atoms with Gasteiger partial charge in [0, 0.05) is 6.54 Å². The Bertz CT molecular complexity index is 760. The average Bonchev–Trinajstić information content (AvgIpc) is 2.64. The second-order valence-corrected chi connectivity index (χ2v) is 6.24. The first kappa shape index (κ1) is 19.4. The standard InChI is InChI=1S/C20H23FN2O3/c1-13(2)18(23-19(24)16-6-4-5-7-17(16)21)20(25)22-12-14-8-10-15(26-3)11-9-14/h4-11,13,18H,12H2,1-3H3,(H,22,25)(H,23,24)/t18-/m0/s1. The van der Waals surface area contributed by atoms with E-state index >= 15 is 0 Å². The molecule has 2 amide bonds. The first-order valence-corrected chi connectivity index (χ1v) is 8.38. The summed E-state index contributed by atoms with van der Waals surface area (Å²) in [6.07, 6.45) is 0. The molecule has 1 atom stereocenters. The number of carbonyl (C=O) groups is 2. The zero-order chi connectivity index (χ0) is 19.1. The molecule has 0 spiro atoms. The fourth-order valence-electron chi connectivity index (χ4n) is 2.44. The minimum absolute atomic E-state index is 0.0823. The molecule has 2 aromatic carbocycles. The monoisotopic (exact) mass is 358 g/mol. The number of hydrogen-bond acceptors (Lipinski definition) is 3. The molecular weight excluding hydrogens is 335 g/mol. The molecule has 6 heteroatoms. The van der Waals surface area contributed by atoms with Gasteiger partial charge in [0.15, 0.2) is 0 Å². The van der Waals surface area contributed by atoms with Gasteiger partial charge in [0.25, 0.3) is 5.91 Å². The van der Waals surface area contributed by atoms with Crippen molar-refractivity contribution in [3.05, 3.63) is 65.5 Å². The minimum atomic E-state index is -0.764. The predicted octanol–water partition coefficient (Wildman–Crippen LogP) is 2.91. The van der Waals surface area contributed by atoms with E-state index in [4.69, 9.17) is 4.74 Å². The van der Waals surface area contributed by atoms with Gasteiger partial charge in [0.2, 0.25) is 5.91 Å². The van der Waals surface area contributed by atoms with Crippen LogP contribution in [0.2, 0.25) is 0 Å². The zero-order valence-corrected chi connectivity index (χ0v) is 15.1. The van der Waals surface area contributed by atoms with E-state index in [1.807, 2.05) is 26.0 Å². The maximum Gasteiger partial charge on any atom is 0.254 e. The van der Waals surface area contributed by atoms with Crippen LogP contribution >= 0.6 is 0 Å². The summed E-state index contributed by atoms with van der Waals surface area (Å²) in [6.45, 7) is 3.96. The van der Waals surface area contributed by atoms with Gasteiger partial charge in [0.1, 0.15) is 17.6 Å². The van der Waals surface area contributed by atoms with E-state index < -0.39 is 17.8 Å². The van der Waals surface area contributed by atoms with E-state index in [9.17, 15) is 14.0 Å². The van der Waals surface area contributed by atoms with Crippen LogP contribution in [-0.2, 0) is 11.3 Å². The smallest absolute Gasteiger partial charge is 0.254 e. The van der Waals surface area contributed by atoms with Gasteiger partial charge in [-0.05, 0) is 35.7 Å². The van der Waals surface area contributed by atoms with E-state index in [0.29, 0.717) is 6.54 Å². The van der Waals surface area contributed by atoms with Crippen LogP contribution < -0.4 is 15.4 Å². The molecule has 0 saturated carbocycles. The Morgan fingerprint density at radius 2 is 1.73 bits per heavy atom. The Kier molecular flexibility index (Phi) is 6.72. The molecule has 0 aliphatic heterocycles. The molecule has 2 N–H and O–H groups in total. The first-order chi connectivity index (χ1) is 12.4. The van der Waals surface area contributed by atoms with Crippen LogP contribution in [0, 0.1) is 11.7 Å². The maximum absolute atomic E-state index is 13.8. The van der Waals surface area contributed by atoms with Gasteiger partial charge in [-0.3, -0.25) is 9.59 Å². The van der Waals surface area contributed by atoms with E-state index in [1.54, 1.807) is 25.3 Å². The van der Waals surface area contributed by atoms with Gasteiger partial charge in [-0.15, -0.1) is 0 Å². The highest BCUT2D eigenvalue weighted by atomic mass is 19.1. The van der Waals surface area contributed by atoms with Crippen molar-refractivity contribution in [1.82, 2.24) is 10.6 Å². The van der Waals surface area contributed by atoms with Crippen LogP contribution in [0.3, 0.4) is 0 Å². The van der Waals surface area contributed by atoms with Crippen LogP contribution in [0.4, 0.5) is 4.39 Å². The Hall–Kier alpha value is -2.89. The van der Waals surface area contributed by atoms with E-state index in [2.05, 4.69) is 10.6 Å². The van der Waals surface area contributed by atoms with E-state index in [1.165, 1.54) is 18.2 Å². The lowest BCUT2D eigenvalue weighted by Crippen LogP contribution is -2.49. The van der Waals surface area contributed by atoms with Crippen LogP contribution in [0.25, 0.3) is 0 Å². The molecule has 5 nitrogen and oxygen atoms in total. The molecule has 0 radical (unpaired) electrons. The van der Waals surface area contributed by atoms with Crippen molar-refractivity contribution in [3.8, 4) is 5.75 Å². The summed E-state index contributed by atoms with van der Waals surface area (Å²) in [4.78, 5) is 24.8. The van der Waals surface area contributed by atoms with Gasteiger partial charge in [-0.2, -0.15) is 0 Å². The summed E-state index contributed by atoms with van der Waals surface area (Å²) in [6, 6.07) is 12.2. The first-order valence-electron chi connectivity index (χ1n) is 8.38. The second kappa shape index (κ2) is 8.99. The van der Waals surface area contributed by atoms with Gasteiger partial charge in [-0.1, -0.05) is 38.1 Å². The molecule has 0 aromatic heterocycles. The lowest BCUT2D eigenvalue weighted by molar-refractivity contribution is -0.124. The molecule has 0 heterocycles. The molecule has 138 valence electrons. The topological polar surface area (TPSA) is 67.4 Å². The van der Waals surface area contributed by atoms with Gasteiger partial charge >= 0.3 is 0 Å². The number of carbonyl (C=O) groups excluding carboxylic acids is 2. The number of rotatable bonds is 7. The molecule has 0 saturated heterocycles. The Labute approximate surface area is 152 Å². The largest absolute Gasteiger partial charge is 0.497 e. The number of benzene rings is 2. The number of halogens is 1. The van der Waals surface area contributed by atoms with Gasteiger partial charge < -0.3 is 15.4 Å². The lowest BCUT2D eigenvalue weighted by atomic mass is 10.0. The second-order valence-electron chi connectivity index (χ2n) is 6.24. The maximum atomic E-state index is 13.8. The average molecular weight is 358 g/mol. The summed E-state index contributed by atoms with van der Waals surface area (Å²) in [5.41, 5.74) is 0.822. The van der Waals surface area contributed by atoms with Crippen LogP contribution in [0.15, 0.2) is 48.5 Å². The fourth-order valence-corrected chi connectivity index (χ4v) is 2.44. The summed E-state index contributed by atoms with van der Waals surface area (Å²) in [5, 5.41) is 5.42. The normalized spacial score (nSPS) is 11.7. The van der Waals surface area contributed by atoms with Crippen LogP contribution in [-0.4, -0.2) is 25.0 Å². The van der Waals surface area contributed by atoms with Gasteiger partial charge in [-0.25, -0.2) is 4.39 Å². The molecule has 2 rings (SSSR count). The Morgan fingerprint density at radius 1 is 1.08 bits per heavy atom.